The number of thiophene rings is 1. The van der Waals surface area contributed by atoms with Gasteiger partial charge in [0, 0.05) is 26.8 Å². The molecule has 2 nitrogen and oxygen atoms in total. The molecule has 2 N–H and O–H groups in total. The molecule has 5 heteroatoms. The number of hydrogen-bond donors (Lipinski definition) is 1. The van der Waals surface area contributed by atoms with Crippen LogP contribution in [0, 0.1) is 0 Å². The molecule has 1 heterocycles. The van der Waals surface area contributed by atoms with Gasteiger partial charge in [-0.2, -0.15) is 0 Å². The van der Waals surface area contributed by atoms with Crippen molar-refractivity contribution in [3.05, 3.63) is 44.0 Å². The van der Waals surface area contributed by atoms with Crippen LogP contribution < -0.4 is 10.6 Å². The fraction of sp³-hybridized carbons (Fsp3) is 0.167. The van der Waals surface area contributed by atoms with Crippen LogP contribution in [0.1, 0.15) is 4.88 Å². The summed E-state index contributed by atoms with van der Waals surface area (Å²) in [5.41, 5.74) is 7.65. The second-order valence-electron chi connectivity index (χ2n) is 3.79. The monoisotopic (exact) mass is 330 g/mol. The Labute approximate surface area is 118 Å². The standard InChI is InChI=1S/C12H12BrClN2S/c1-16(6-10-4-8(13)7-17-10)12-5-9(14)2-3-11(12)15/h2-5,7H,6,15H2,1H3. The topological polar surface area (TPSA) is 29.3 Å². The van der Waals surface area contributed by atoms with Gasteiger partial charge in [0.1, 0.15) is 0 Å². The molecule has 0 radical (unpaired) electrons. The average Bonchev–Trinajstić information content (AvgIpc) is 2.67. The highest BCUT2D eigenvalue weighted by Gasteiger charge is 2.08. The van der Waals surface area contributed by atoms with Crippen LogP contribution >= 0.6 is 38.9 Å². The van der Waals surface area contributed by atoms with E-state index in [9.17, 15) is 0 Å². The van der Waals surface area contributed by atoms with Crippen molar-refractivity contribution in [2.45, 2.75) is 6.54 Å². The Balaban J connectivity index is 2.19. The summed E-state index contributed by atoms with van der Waals surface area (Å²) < 4.78 is 1.12. The lowest BCUT2D eigenvalue weighted by molar-refractivity contribution is 0.942. The van der Waals surface area contributed by atoms with Gasteiger partial charge in [-0.15, -0.1) is 11.3 Å². The Bertz CT molecular complexity index is 527. The molecule has 0 unspecified atom stereocenters. The molecule has 0 aliphatic rings. The molecule has 1 aromatic heterocycles. The van der Waals surface area contributed by atoms with Crippen LogP contribution in [0.25, 0.3) is 0 Å². The van der Waals surface area contributed by atoms with Gasteiger partial charge in [0.25, 0.3) is 0 Å². The van der Waals surface area contributed by atoms with Crippen molar-refractivity contribution < 1.29 is 0 Å². The van der Waals surface area contributed by atoms with Crippen LogP contribution in [0.5, 0.6) is 0 Å². The van der Waals surface area contributed by atoms with Gasteiger partial charge in [0.05, 0.1) is 17.9 Å². The SMILES string of the molecule is CN(Cc1cc(Br)cs1)c1cc(Cl)ccc1N. The Morgan fingerprint density at radius 2 is 2.18 bits per heavy atom. The number of rotatable bonds is 3. The molecule has 0 bridgehead atoms. The van der Waals surface area contributed by atoms with E-state index in [0.717, 1.165) is 22.4 Å². The summed E-state index contributed by atoms with van der Waals surface area (Å²) in [5.74, 6) is 0. The first kappa shape index (κ1) is 12.7. The van der Waals surface area contributed by atoms with Crippen LogP contribution in [-0.4, -0.2) is 7.05 Å². The first-order valence-corrected chi connectivity index (χ1v) is 7.10. The molecule has 0 aliphatic heterocycles. The summed E-state index contributed by atoms with van der Waals surface area (Å²) in [6, 6.07) is 7.63. The van der Waals surface area contributed by atoms with Crippen LogP contribution in [0.2, 0.25) is 5.02 Å². The lowest BCUT2D eigenvalue weighted by Crippen LogP contribution is -2.17. The average molecular weight is 332 g/mol. The molecule has 0 fully saturated rings. The lowest BCUT2D eigenvalue weighted by atomic mass is 10.2. The second-order valence-corrected chi connectivity index (χ2v) is 6.14. The number of halogens is 2. The smallest absolute Gasteiger partial charge is 0.0615 e. The van der Waals surface area contributed by atoms with Crippen LogP contribution in [-0.2, 0) is 6.54 Å². The molecule has 90 valence electrons. The van der Waals surface area contributed by atoms with Gasteiger partial charge >= 0.3 is 0 Å². The van der Waals surface area contributed by atoms with E-state index in [0.29, 0.717) is 5.02 Å². The molecule has 2 aromatic rings. The first-order chi connectivity index (χ1) is 8.06. The number of nitrogens with two attached hydrogens (primary N) is 1. The van der Waals surface area contributed by atoms with Crippen molar-refractivity contribution in [3.8, 4) is 0 Å². The van der Waals surface area contributed by atoms with Crippen molar-refractivity contribution in [3.63, 3.8) is 0 Å². The number of nitrogens with zero attached hydrogens (tertiary/aromatic N) is 1. The van der Waals surface area contributed by atoms with E-state index in [1.54, 1.807) is 17.4 Å². The molecule has 17 heavy (non-hydrogen) atoms. The maximum atomic E-state index is 5.98. The minimum Gasteiger partial charge on any atom is -0.397 e. The van der Waals surface area contributed by atoms with Crippen molar-refractivity contribution >= 4 is 50.2 Å². The zero-order chi connectivity index (χ0) is 12.4. The van der Waals surface area contributed by atoms with Gasteiger partial charge in [-0.3, -0.25) is 0 Å². The second kappa shape index (κ2) is 5.29. The molecule has 0 saturated carbocycles. The fourth-order valence-corrected chi connectivity index (χ4v) is 3.27. The number of nitrogen functional groups attached to an aromatic ring is 1. The highest BCUT2D eigenvalue weighted by molar-refractivity contribution is 9.10. The maximum Gasteiger partial charge on any atom is 0.0615 e. The maximum absolute atomic E-state index is 5.98. The number of anilines is 2. The molecule has 1 aromatic carbocycles. The molecule has 0 aliphatic carbocycles. The normalized spacial score (nSPS) is 10.5. The molecule has 0 amide bonds. The summed E-state index contributed by atoms with van der Waals surface area (Å²) in [5, 5.41) is 2.78. The summed E-state index contributed by atoms with van der Waals surface area (Å²) in [6.45, 7) is 0.820. The highest BCUT2D eigenvalue weighted by atomic mass is 79.9. The van der Waals surface area contributed by atoms with Crippen LogP contribution in [0.3, 0.4) is 0 Å². The van der Waals surface area contributed by atoms with Gasteiger partial charge in [0.2, 0.25) is 0 Å². The van der Waals surface area contributed by atoms with E-state index in [-0.39, 0.29) is 0 Å². The molecule has 0 spiro atoms. The summed E-state index contributed by atoms with van der Waals surface area (Å²) in [4.78, 5) is 3.37. The largest absolute Gasteiger partial charge is 0.397 e. The first-order valence-electron chi connectivity index (χ1n) is 5.05. The van der Waals surface area contributed by atoms with E-state index >= 15 is 0 Å². The summed E-state index contributed by atoms with van der Waals surface area (Å²) in [7, 11) is 2.01. The molecule has 0 saturated heterocycles. The summed E-state index contributed by atoms with van der Waals surface area (Å²) >= 11 is 11.2. The molecular formula is C12H12BrClN2S. The zero-order valence-electron chi connectivity index (χ0n) is 9.28. The van der Waals surface area contributed by atoms with Crippen molar-refractivity contribution in [1.29, 1.82) is 0 Å². The molecule has 2 rings (SSSR count). The van der Waals surface area contributed by atoms with E-state index in [1.807, 2.05) is 19.2 Å². The fourth-order valence-electron chi connectivity index (χ4n) is 1.60. The number of benzene rings is 1. The third-order valence-electron chi connectivity index (χ3n) is 2.42. The molecular weight excluding hydrogens is 320 g/mol. The van der Waals surface area contributed by atoms with Crippen LogP contribution in [0.15, 0.2) is 34.1 Å². The van der Waals surface area contributed by atoms with Gasteiger partial charge in [-0.05, 0) is 40.2 Å². The van der Waals surface area contributed by atoms with E-state index in [2.05, 4.69) is 32.3 Å². The Morgan fingerprint density at radius 1 is 1.41 bits per heavy atom. The van der Waals surface area contributed by atoms with Gasteiger partial charge in [0.15, 0.2) is 0 Å². The van der Waals surface area contributed by atoms with Gasteiger partial charge in [-0.1, -0.05) is 11.6 Å². The molecule has 0 atom stereocenters. The van der Waals surface area contributed by atoms with Crippen molar-refractivity contribution in [1.82, 2.24) is 0 Å². The van der Waals surface area contributed by atoms with Gasteiger partial charge < -0.3 is 10.6 Å². The predicted molar refractivity (Wildman–Crippen MR) is 80.0 cm³/mol. The summed E-state index contributed by atoms with van der Waals surface area (Å²) in [6.07, 6.45) is 0. The van der Waals surface area contributed by atoms with Gasteiger partial charge in [-0.25, -0.2) is 0 Å². The quantitative estimate of drug-likeness (QED) is 0.846. The van der Waals surface area contributed by atoms with Crippen molar-refractivity contribution in [2.75, 3.05) is 17.7 Å². The van der Waals surface area contributed by atoms with Crippen molar-refractivity contribution in [2.24, 2.45) is 0 Å². The lowest BCUT2D eigenvalue weighted by Gasteiger charge is -2.20. The van der Waals surface area contributed by atoms with E-state index in [4.69, 9.17) is 17.3 Å². The number of hydrogen-bond acceptors (Lipinski definition) is 3. The third kappa shape index (κ3) is 3.15. The third-order valence-corrected chi connectivity index (χ3v) is 4.34. The minimum absolute atomic E-state index is 0.702. The Morgan fingerprint density at radius 3 is 2.82 bits per heavy atom. The predicted octanol–water partition coefficient (Wildman–Crippen LogP) is 4.38. The Hall–Kier alpha value is -0.710. The van der Waals surface area contributed by atoms with E-state index in [1.165, 1.54) is 4.88 Å². The Kier molecular flexibility index (Phi) is 3.97. The van der Waals surface area contributed by atoms with Crippen LogP contribution in [0.4, 0.5) is 11.4 Å². The van der Waals surface area contributed by atoms with E-state index < -0.39 is 0 Å². The zero-order valence-corrected chi connectivity index (χ0v) is 12.4. The highest BCUT2D eigenvalue weighted by Crippen LogP contribution is 2.28. The minimum atomic E-state index is 0.702.